The number of hydrogen-bond acceptors (Lipinski definition) is 1. The third-order valence-corrected chi connectivity index (χ3v) is 1.99. The van der Waals surface area contributed by atoms with Crippen LogP contribution in [0.2, 0.25) is 0 Å². The summed E-state index contributed by atoms with van der Waals surface area (Å²) in [5.41, 5.74) is 0. The molecule has 0 aromatic rings. The molecule has 74 valence electrons. The molecule has 0 rings (SSSR count). The largest absolute Gasteiger partial charge is 0.362 e. The summed E-state index contributed by atoms with van der Waals surface area (Å²) in [7, 11) is 0. The Morgan fingerprint density at radius 1 is 1.46 bits per heavy atom. The lowest BCUT2D eigenvalue weighted by Crippen LogP contribution is -2.09. The summed E-state index contributed by atoms with van der Waals surface area (Å²) >= 11 is 0. The Labute approximate surface area is 82.2 Å². The van der Waals surface area contributed by atoms with Crippen LogP contribution in [-0.2, 0) is 4.74 Å². The van der Waals surface area contributed by atoms with Gasteiger partial charge in [0.2, 0.25) is 0 Å². The molecule has 0 spiro atoms. The molecule has 0 aromatic carbocycles. The van der Waals surface area contributed by atoms with E-state index in [4.69, 9.17) is 11.2 Å². The second kappa shape index (κ2) is 9.35. The van der Waals surface area contributed by atoms with Gasteiger partial charge in [0, 0.05) is 0 Å². The van der Waals surface area contributed by atoms with Crippen LogP contribution in [0.15, 0.2) is 12.7 Å². The highest BCUT2D eigenvalue weighted by molar-refractivity contribution is 4.86. The first-order chi connectivity index (χ1) is 6.35. The van der Waals surface area contributed by atoms with Crippen molar-refractivity contribution in [3.05, 3.63) is 12.7 Å². The Balaban J connectivity index is 3.37. The van der Waals surface area contributed by atoms with Crippen LogP contribution >= 0.6 is 0 Å². The Hall–Kier alpha value is -0.740. The molecule has 1 nitrogen and oxygen atoms in total. The first-order valence-corrected chi connectivity index (χ1v) is 5.02. The summed E-state index contributed by atoms with van der Waals surface area (Å²) in [4.78, 5) is 0. The molecule has 0 fully saturated rings. The van der Waals surface area contributed by atoms with Gasteiger partial charge in [-0.3, -0.25) is 0 Å². The highest BCUT2D eigenvalue weighted by Gasteiger charge is 2.02. The lowest BCUT2D eigenvalue weighted by atomic mass is 10.1. The molecule has 0 bridgehead atoms. The Morgan fingerprint density at radius 2 is 2.23 bits per heavy atom. The van der Waals surface area contributed by atoms with E-state index in [1.165, 1.54) is 25.7 Å². The lowest BCUT2D eigenvalue weighted by Gasteiger charge is -2.11. The van der Waals surface area contributed by atoms with E-state index in [2.05, 4.69) is 19.4 Å². The molecule has 0 saturated carbocycles. The van der Waals surface area contributed by atoms with Crippen LogP contribution in [-0.4, -0.2) is 12.7 Å². The first kappa shape index (κ1) is 12.3. The summed E-state index contributed by atoms with van der Waals surface area (Å²) in [6, 6.07) is 0. The van der Waals surface area contributed by atoms with Gasteiger partial charge in [-0.15, -0.1) is 13.0 Å². The minimum absolute atomic E-state index is 0.146. The molecule has 0 radical (unpaired) electrons. The highest BCUT2D eigenvalue weighted by Crippen LogP contribution is 2.08. The zero-order valence-corrected chi connectivity index (χ0v) is 8.59. The van der Waals surface area contributed by atoms with Crippen LogP contribution in [0.5, 0.6) is 0 Å². The topological polar surface area (TPSA) is 9.23 Å². The van der Waals surface area contributed by atoms with Crippen LogP contribution in [0.25, 0.3) is 0 Å². The van der Waals surface area contributed by atoms with Crippen molar-refractivity contribution in [2.75, 3.05) is 6.61 Å². The Morgan fingerprint density at radius 3 is 2.77 bits per heavy atom. The van der Waals surface area contributed by atoms with Crippen LogP contribution in [0.1, 0.15) is 39.0 Å². The summed E-state index contributed by atoms with van der Waals surface area (Å²) in [6.07, 6.45) is 13.2. The van der Waals surface area contributed by atoms with Gasteiger partial charge in [0.25, 0.3) is 0 Å². The van der Waals surface area contributed by atoms with Crippen molar-refractivity contribution >= 4 is 0 Å². The summed E-state index contributed by atoms with van der Waals surface area (Å²) in [5.74, 6) is 2.46. The number of rotatable bonds is 8. The molecule has 1 heteroatoms. The summed E-state index contributed by atoms with van der Waals surface area (Å²) in [6.45, 7) is 6.32. The van der Waals surface area contributed by atoms with E-state index in [0.29, 0.717) is 6.61 Å². The van der Waals surface area contributed by atoms with Crippen molar-refractivity contribution in [3.8, 4) is 12.3 Å². The van der Waals surface area contributed by atoms with Crippen molar-refractivity contribution in [2.24, 2.45) is 0 Å². The Kier molecular flexibility index (Phi) is 8.82. The molecule has 0 N–H and O–H groups in total. The number of unbranched alkanes of at least 4 members (excludes halogenated alkanes) is 3. The van der Waals surface area contributed by atoms with Gasteiger partial charge in [0.05, 0.1) is 6.10 Å². The molecule has 0 aliphatic heterocycles. The minimum atomic E-state index is 0.146. The fraction of sp³-hybridized carbons (Fsp3) is 0.667. The monoisotopic (exact) mass is 180 g/mol. The van der Waals surface area contributed by atoms with Gasteiger partial charge in [-0.05, 0) is 6.42 Å². The molecule has 0 aliphatic rings. The number of ether oxygens (including phenoxy) is 1. The van der Waals surface area contributed by atoms with Crippen LogP contribution in [0, 0.1) is 12.3 Å². The SMILES string of the molecule is C#CCOC(C=C)CCCCCC. The van der Waals surface area contributed by atoms with Gasteiger partial charge in [0.15, 0.2) is 0 Å². The standard InChI is InChI=1S/C12H20O/c1-4-7-8-9-10-12(6-3)13-11-5-2/h2,6,12H,3-4,7-11H2,1H3. The van der Waals surface area contributed by atoms with Gasteiger partial charge in [-0.2, -0.15) is 0 Å². The van der Waals surface area contributed by atoms with Crippen LogP contribution in [0.3, 0.4) is 0 Å². The van der Waals surface area contributed by atoms with E-state index in [0.717, 1.165) is 6.42 Å². The van der Waals surface area contributed by atoms with Gasteiger partial charge in [-0.25, -0.2) is 0 Å². The van der Waals surface area contributed by atoms with Crippen molar-refractivity contribution in [3.63, 3.8) is 0 Å². The number of terminal acetylenes is 1. The quantitative estimate of drug-likeness (QED) is 0.317. The van der Waals surface area contributed by atoms with E-state index in [-0.39, 0.29) is 6.10 Å². The smallest absolute Gasteiger partial charge is 0.108 e. The zero-order chi connectivity index (χ0) is 9.94. The van der Waals surface area contributed by atoms with Gasteiger partial charge in [-0.1, -0.05) is 44.6 Å². The maximum atomic E-state index is 5.37. The third kappa shape index (κ3) is 7.62. The van der Waals surface area contributed by atoms with Crippen molar-refractivity contribution in [2.45, 2.75) is 45.1 Å². The first-order valence-electron chi connectivity index (χ1n) is 5.02. The van der Waals surface area contributed by atoms with E-state index in [1.54, 1.807) is 0 Å². The molecule has 0 aliphatic carbocycles. The van der Waals surface area contributed by atoms with E-state index in [9.17, 15) is 0 Å². The average Bonchev–Trinajstić information content (AvgIpc) is 2.17. The molecule has 1 unspecified atom stereocenters. The predicted molar refractivity (Wildman–Crippen MR) is 57.5 cm³/mol. The molecule has 13 heavy (non-hydrogen) atoms. The van der Waals surface area contributed by atoms with Crippen molar-refractivity contribution in [1.82, 2.24) is 0 Å². The van der Waals surface area contributed by atoms with Crippen LogP contribution in [0.4, 0.5) is 0 Å². The van der Waals surface area contributed by atoms with E-state index < -0.39 is 0 Å². The van der Waals surface area contributed by atoms with E-state index in [1.807, 2.05) is 6.08 Å². The minimum Gasteiger partial charge on any atom is -0.362 e. The normalized spacial score (nSPS) is 12.0. The van der Waals surface area contributed by atoms with E-state index >= 15 is 0 Å². The molecule has 0 amide bonds. The van der Waals surface area contributed by atoms with Gasteiger partial charge >= 0.3 is 0 Å². The summed E-state index contributed by atoms with van der Waals surface area (Å²) < 4.78 is 5.37. The second-order valence-corrected chi connectivity index (χ2v) is 3.14. The Bertz CT molecular complexity index is 155. The predicted octanol–water partition coefficient (Wildman–Crippen LogP) is 3.16. The van der Waals surface area contributed by atoms with Crippen molar-refractivity contribution < 1.29 is 4.74 Å². The van der Waals surface area contributed by atoms with Gasteiger partial charge < -0.3 is 4.74 Å². The number of hydrogen-bond donors (Lipinski definition) is 0. The molecular weight excluding hydrogens is 160 g/mol. The summed E-state index contributed by atoms with van der Waals surface area (Å²) in [5, 5.41) is 0. The maximum Gasteiger partial charge on any atom is 0.108 e. The zero-order valence-electron chi connectivity index (χ0n) is 8.59. The lowest BCUT2D eigenvalue weighted by molar-refractivity contribution is 0.105. The third-order valence-electron chi connectivity index (χ3n) is 1.99. The molecule has 0 aromatic heterocycles. The molecular formula is C12H20O. The van der Waals surface area contributed by atoms with Gasteiger partial charge in [0.1, 0.15) is 6.61 Å². The average molecular weight is 180 g/mol. The second-order valence-electron chi connectivity index (χ2n) is 3.14. The van der Waals surface area contributed by atoms with Crippen molar-refractivity contribution in [1.29, 1.82) is 0 Å². The molecule has 0 saturated heterocycles. The maximum absolute atomic E-state index is 5.37. The highest BCUT2D eigenvalue weighted by atomic mass is 16.5. The fourth-order valence-electron chi connectivity index (χ4n) is 1.20. The fourth-order valence-corrected chi connectivity index (χ4v) is 1.20. The molecule has 0 heterocycles. The molecule has 1 atom stereocenters. The van der Waals surface area contributed by atoms with Crippen LogP contribution < -0.4 is 0 Å².